The molecular formula is C21H25F6N7O4. The number of piperazine rings is 1. The van der Waals surface area contributed by atoms with E-state index in [1.54, 1.807) is 14.9 Å². The van der Waals surface area contributed by atoms with Crippen LogP contribution in [-0.2, 0) is 26.6 Å². The Hall–Kier alpha value is -3.47. The van der Waals surface area contributed by atoms with E-state index >= 15 is 0 Å². The topological polar surface area (TPSA) is 126 Å². The Balaban J connectivity index is 1.45. The maximum Gasteiger partial charge on any atom is 0.423 e. The zero-order valence-corrected chi connectivity index (χ0v) is 20.1. The third kappa shape index (κ3) is 7.77. The monoisotopic (exact) mass is 553 g/mol. The Kier molecular flexibility index (Phi) is 9.48. The van der Waals surface area contributed by atoms with Gasteiger partial charge in [-0.25, -0.2) is 15.1 Å². The van der Waals surface area contributed by atoms with Gasteiger partial charge >= 0.3 is 12.4 Å². The van der Waals surface area contributed by atoms with Gasteiger partial charge in [-0.1, -0.05) is 0 Å². The number of rotatable bonds is 10. The van der Waals surface area contributed by atoms with E-state index < -0.39 is 40.8 Å². The highest BCUT2D eigenvalue weighted by atomic mass is 19.4. The maximum atomic E-state index is 13.3. The van der Waals surface area contributed by atoms with E-state index in [4.69, 9.17) is 9.47 Å². The number of alkyl halides is 6. The third-order valence-corrected chi connectivity index (χ3v) is 5.53. The average molecular weight is 553 g/mol. The summed E-state index contributed by atoms with van der Waals surface area (Å²) in [6, 6.07) is -0.771. The van der Waals surface area contributed by atoms with E-state index in [1.165, 1.54) is 7.11 Å². The van der Waals surface area contributed by atoms with Crippen LogP contribution in [0.15, 0.2) is 23.4 Å². The molecule has 0 aromatic carbocycles. The smallest absolute Gasteiger partial charge is 0.382 e. The van der Waals surface area contributed by atoms with Crippen LogP contribution in [0.4, 0.5) is 38.0 Å². The van der Waals surface area contributed by atoms with E-state index in [2.05, 4.69) is 20.4 Å². The molecule has 38 heavy (non-hydrogen) atoms. The SMILES string of the molecule is COC[C@@H](COCCC(=O)N1CCN(c2ncc(C(F)(F)F)cn2)CC1)Nc1cn[nH]c(=O)c1C(F)(F)F. The fraction of sp³-hybridized carbons (Fsp3) is 0.571. The number of methoxy groups -OCH3 is 1. The number of aromatic nitrogens is 4. The van der Waals surface area contributed by atoms with Crippen molar-refractivity contribution in [3.05, 3.63) is 40.1 Å². The molecule has 1 aliphatic rings. The summed E-state index contributed by atoms with van der Waals surface area (Å²) in [5.74, 6) is -0.0956. The molecule has 1 saturated heterocycles. The predicted octanol–water partition coefficient (Wildman–Crippen LogP) is 1.78. The first-order chi connectivity index (χ1) is 17.9. The fourth-order valence-corrected chi connectivity index (χ4v) is 3.67. The number of nitrogens with zero attached hydrogens (tertiary/aromatic N) is 5. The van der Waals surface area contributed by atoms with Gasteiger partial charge in [0.2, 0.25) is 11.9 Å². The molecule has 2 aromatic heterocycles. The molecule has 0 saturated carbocycles. The second kappa shape index (κ2) is 12.4. The van der Waals surface area contributed by atoms with Gasteiger partial charge in [0.05, 0.1) is 49.7 Å². The quantitative estimate of drug-likeness (QED) is 0.335. The van der Waals surface area contributed by atoms with E-state index in [9.17, 15) is 35.9 Å². The van der Waals surface area contributed by atoms with E-state index in [0.717, 1.165) is 6.20 Å². The average Bonchev–Trinajstić information content (AvgIpc) is 2.85. The molecule has 210 valence electrons. The Morgan fingerprint density at radius 1 is 1.05 bits per heavy atom. The molecule has 2 aromatic rings. The highest BCUT2D eigenvalue weighted by molar-refractivity contribution is 5.76. The molecule has 1 amide bonds. The summed E-state index contributed by atoms with van der Waals surface area (Å²) in [4.78, 5) is 34.9. The van der Waals surface area contributed by atoms with Gasteiger partial charge in [0.15, 0.2) is 0 Å². The maximum absolute atomic E-state index is 13.3. The molecule has 0 bridgehead atoms. The van der Waals surface area contributed by atoms with Gasteiger partial charge in [-0.3, -0.25) is 9.59 Å². The lowest BCUT2D eigenvalue weighted by molar-refractivity contribution is -0.139. The molecule has 3 rings (SSSR count). The molecule has 1 atom stereocenters. The van der Waals surface area contributed by atoms with Crippen LogP contribution >= 0.6 is 0 Å². The summed E-state index contributed by atoms with van der Waals surface area (Å²) < 4.78 is 88.2. The summed E-state index contributed by atoms with van der Waals surface area (Å²) in [7, 11) is 1.34. The normalized spacial score (nSPS) is 15.4. The highest BCUT2D eigenvalue weighted by Gasteiger charge is 2.38. The van der Waals surface area contributed by atoms with Crippen LogP contribution in [0.5, 0.6) is 0 Å². The van der Waals surface area contributed by atoms with Crippen LogP contribution in [0.1, 0.15) is 17.5 Å². The van der Waals surface area contributed by atoms with Gasteiger partial charge < -0.3 is 24.6 Å². The van der Waals surface area contributed by atoms with E-state index in [1.807, 2.05) is 0 Å². The van der Waals surface area contributed by atoms with Crippen molar-refractivity contribution in [1.82, 2.24) is 25.1 Å². The van der Waals surface area contributed by atoms with Crippen molar-refractivity contribution in [2.24, 2.45) is 0 Å². The van der Waals surface area contributed by atoms with E-state index in [-0.39, 0.29) is 38.1 Å². The highest BCUT2D eigenvalue weighted by Crippen LogP contribution is 2.31. The molecule has 0 radical (unpaired) electrons. The van der Waals surface area contributed by atoms with Crippen LogP contribution < -0.4 is 15.8 Å². The van der Waals surface area contributed by atoms with Crippen LogP contribution in [0, 0.1) is 0 Å². The summed E-state index contributed by atoms with van der Waals surface area (Å²) in [5.41, 5.74) is -4.30. The van der Waals surface area contributed by atoms with Gasteiger partial charge in [0, 0.05) is 45.7 Å². The second-order valence-electron chi connectivity index (χ2n) is 8.24. The number of carbonyl (C=O) groups excluding carboxylic acids is 1. The van der Waals surface area contributed by atoms with Gasteiger partial charge in [-0.2, -0.15) is 31.4 Å². The van der Waals surface area contributed by atoms with Crippen LogP contribution in [0.3, 0.4) is 0 Å². The number of hydrogen-bond acceptors (Lipinski definition) is 9. The van der Waals surface area contributed by atoms with Crippen molar-refractivity contribution in [2.75, 3.05) is 63.3 Å². The molecule has 0 unspecified atom stereocenters. The van der Waals surface area contributed by atoms with Gasteiger partial charge in [0.1, 0.15) is 5.56 Å². The Morgan fingerprint density at radius 3 is 2.29 bits per heavy atom. The van der Waals surface area contributed by atoms with Crippen molar-refractivity contribution in [2.45, 2.75) is 24.8 Å². The standard InChI is InChI=1S/C21H25F6N7O4/c1-37-11-14(31-15-10-30-32-18(36)17(15)21(25,26)27)12-38-7-2-16(35)33-3-5-34(6-4-33)19-28-8-13(9-29-19)20(22,23)24/h8-10,14H,2-7,11-12H2,1H3,(H2,31,32,36)/t14-/m0/s1. The van der Waals surface area contributed by atoms with Gasteiger partial charge in [-0.05, 0) is 0 Å². The summed E-state index contributed by atoms with van der Waals surface area (Å²) in [6.45, 7) is 1.05. The van der Waals surface area contributed by atoms with Gasteiger partial charge in [0.25, 0.3) is 5.56 Å². The number of halogens is 6. The lowest BCUT2D eigenvalue weighted by Crippen LogP contribution is -2.49. The molecule has 0 spiro atoms. The van der Waals surface area contributed by atoms with Crippen molar-refractivity contribution in [3.8, 4) is 0 Å². The van der Waals surface area contributed by atoms with Crippen LogP contribution in [0.2, 0.25) is 0 Å². The fourth-order valence-electron chi connectivity index (χ4n) is 3.67. The van der Waals surface area contributed by atoms with Crippen molar-refractivity contribution < 1.29 is 40.6 Å². The number of aromatic amines is 1. The number of amides is 1. The van der Waals surface area contributed by atoms with Gasteiger partial charge in [-0.15, -0.1) is 0 Å². The van der Waals surface area contributed by atoms with Crippen molar-refractivity contribution in [1.29, 1.82) is 0 Å². The molecule has 11 nitrogen and oxygen atoms in total. The minimum Gasteiger partial charge on any atom is -0.382 e. The third-order valence-electron chi connectivity index (χ3n) is 5.53. The largest absolute Gasteiger partial charge is 0.423 e. The minimum absolute atomic E-state index is 0.00313. The molecule has 2 N–H and O–H groups in total. The lowest BCUT2D eigenvalue weighted by Gasteiger charge is -2.34. The number of anilines is 2. The molecule has 17 heteroatoms. The Morgan fingerprint density at radius 2 is 1.71 bits per heavy atom. The number of H-pyrrole nitrogens is 1. The molecule has 1 fully saturated rings. The number of hydrogen-bond donors (Lipinski definition) is 2. The summed E-state index contributed by atoms with van der Waals surface area (Å²) >= 11 is 0. The zero-order valence-electron chi connectivity index (χ0n) is 20.1. The summed E-state index contributed by atoms with van der Waals surface area (Å²) in [6.07, 6.45) is -7.19. The Labute approximate surface area is 212 Å². The molecular weight excluding hydrogens is 528 g/mol. The second-order valence-corrected chi connectivity index (χ2v) is 8.24. The first-order valence-corrected chi connectivity index (χ1v) is 11.3. The number of nitrogens with one attached hydrogen (secondary N) is 2. The number of ether oxygens (including phenoxy) is 2. The minimum atomic E-state index is -4.91. The van der Waals surface area contributed by atoms with Crippen LogP contribution in [0.25, 0.3) is 0 Å². The zero-order chi connectivity index (χ0) is 27.9. The summed E-state index contributed by atoms with van der Waals surface area (Å²) in [5, 5.41) is 7.69. The van der Waals surface area contributed by atoms with Crippen LogP contribution in [-0.4, -0.2) is 90.1 Å². The van der Waals surface area contributed by atoms with E-state index in [0.29, 0.717) is 38.6 Å². The van der Waals surface area contributed by atoms with Crippen molar-refractivity contribution >= 4 is 17.5 Å². The first kappa shape index (κ1) is 29.1. The molecule has 3 heterocycles. The number of carbonyl (C=O) groups is 1. The van der Waals surface area contributed by atoms with Crippen molar-refractivity contribution in [3.63, 3.8) is 0 Å². The lowest BCUT2D eigenvalue weighted by atomic mass is 10.2. The predicted molar refractivity (Wildman–Crippen MR) is 120 cm³/mol. The molecule has 1 aliphatic heterocycles. The first-order valence-electron chi connectivity index (χ1n) is 11.3. The molecule has 0 aliphatic carbocycles. The Bertz CT molecular complexity index is 1120.